The molecule has 1 aliphatic rings. The molecule has 0 atom stereocenters. The van der Waals surface area contributed by atoms with E-state index in [1.165, 1.54) is 23.5 Å². The van der Waals surface area contributed by atoms with Crippen LogP contribution in [0.25, 0.3) is 21.8 Å². The van der Waals surface area contributed by atoms with E-state index in [0.717, 1.165) is 21.8 Å². The second kappa shape index (κ2) is 5.48. The maximum atomic E-state index is 13.0. The molecule has 0 saturated heterocycles. The summed E-state index contributed by atoms with van der Waals surface area (Å²) in [6.45, 7) is 0.0400. The summed E-state index contributed by atoms with van der Waals surface area (Å²) >= 11 is 1.49. The molecule has 0 radical (unpaired) electrons. The lowest BCUT2D eigenvalue weighted by molar-refractivity contribution is -0.118. The number of benzene rings is 2. The third kappa shape index (κ3) is 2.68. The average molecular weight is 326 g/mol. The Morgan fingerprint density at radius 1 is 1.13 bits per heavy atom. The molecule has 0 spiro atoms. The highest BCUT2D eigenvalue weighted by atomic mass is 32.1. The number of ether oxygens (including phenoxy) is 1. The highest BCUT2D eigenvalue weighted by Gasteiger charge is 2.17. The van der Waals surface area contributed by atoms with Gasteiger partial charge in [-0.2, -0.15) is 0 Å². The zero-order chi connectivity index (χ0) is 15.8. The molecule has 1 amide bonds. The van der Waals surface area contributed by atoms with Crippen LogP contribution in [-0.2, 0) is 4.79 Å². The summed E-state index contributed by atoms with van der Waals surface area (Å²) in [5, 5.41) is 5.54. The molecule has 1 N–H and O–H groups in total. The SMILES string of the molecule is O=C1COc2ccc(-c3nc(-c4ccc(F)cc4)cs3)cc2N1. The van der Waals surface area contributed by atoms with Crippen LogP contribution in [-0.4, -0.2) is 17.5 Å². The molecule has 0 fully saturated rings. The van der Waals surface area contributed by atoms with Crippen molar-refractivity contribution in [3.05, 3.63) is 53.7 Å². The molecule has 4 nitrogen and oxygen atoms in total. The van der Waals surface area contributed by atoms with Crippen molar-refractivity contribution in [3.8, 4) is 27.6 Å². The first-order valence-electron chi connectivity index (χ1n) is 6.97. The molecule has 0 aliphatic carbocycles. The van der Waals surface area contributed by atoms with Gasteiger partial charge in [-0.05, 0) is 42.5 Å². The molecule has 114 valence electrons. The third-order valence-electron chi connectivity index (χ3n) is 3.50. The molecule has 6 heteroatoms. The molecule has 1 aliphatic heterocycles. The van der Waals surface area contributed by atoms with Gasteiger partial charge in [0, 0.05) is 16.5 Å². The van der Waals surface area contributed by atoms with E-state index in [0.29, 0.717) is 11.4 Å². The Labute approximate surface area is 135 Å². The van der Waals surface area contributed by atoms with Gasteiger partial charge in [-0.25, -0.2) is 9.37 Å². The number of fused-ring (bicyclic) bond motifs is 1. The number of rotatable bonds is 2. The van der Waals surface area contributed by atoms with Crippen LogP contribution >= 0.6 is 11.3 Å². The van der Waals surface area contributed by atoms with Crippen molar-refractivity contribution < 1.29 is 13.9 Å². The van der Waals surface area contributed by atoms with Crippen LogP contribution in [0, 0.1) is 5.82 Å². The fourth-order valence-electron chi connectivity index (χ4n) is 2.38. The lowest BCUT2D eigenvalue weighted by Gasteiger charge is -2.18. The number of halogens is 1. The van der Waals surface area contributed by atoms with E-state index in [4.69, 9.17) is 4.74 Å². The van der Waals surface area contributed by atoms with Crippen molar-refractivity contribution in [1.82, 2.24) is 4.98 Å². The fraction of sp³-hybridized carbons (Fsp3) is 0.0588. The quantitative estimate of drug-likeness (QED) is 0.776. The number of thiazole rings is 1. The largest absolute Gasteiger partial charge is 0.482 e. The van der Waals surface area contributed by atoms with Crippen molar-refractivity contribution >= 4 is 22.9 Å². The van der Waals surface area contributed by atoms with E-state index in [9.17, 15) is 9.18 Å². The van der Waals surface area contributed by atoms with Crippen LogP contribution in [0.5, 0.6) is 5.75 Å². The van der Waals surface area contributed by atoms with Gasteiger partial charge in [0.15, 0.2) is 6.61 Å². The highest BCUT2D eigenvalue weighted by molar-refractivity contribution is 7.13. The van der Waals surface area contributed by atoms with Crippen LogP contribution in [0.1, 0.15) is 0 Å². The zero-order valence-corrected chi connectivity index (χ0v) is 12.7. The van der Waals surface area contributed by atoms with Crippen LogP contribution in [0.4, 0.5) is 10.1 Å². The van der Waals surface area contributed by atoms with Crippen molar-refractivity contribution in [2.45, 2.75) is 0 Å². The molecule has 0 bridgehead atoms. The standard InChI is InChI=1S/C17H11FN2O2S/c18-12-4-1-10(2-5-12)14-9-23-17(20-14)11-3-6-15-13(7-11)19-16(21)8-22-15/h1-7,9H,8H2,(H,19,21). The van der Waals surface area contributed by atoms with Crippen LogP contribution < -0.4 is 10.1 Å². The van der Waals surface area contributed by atoms with Gasteiger partial charge in [-0.15, -0.1) is 11.3 Å². The van der Waals surface area contributed by atoms with E-state index in [1.54, 1.807) is 12.1 Å². The Hall–Kier alpha value is -2.73. The predicted molar refractivity (Wildman–Crippen MR) is 87.1 cm³/mol. The van der Waals surface area contributed by atoms with E-state index >= 15 is 0 Å². The van der Waals surface area contributed by atoms with Gasteiger partial charge in [0.1, 0.15) is 16.6 Å². The molecular formula is C17H11FN2O2S. The maximum Gasteiger partial charge on any atom is 0.262 e. The predicted octanol–water partition coefficient (Wildman–Crippen LogP) is 3.95. The fourth-order valence-corrected chi connectivity index (χ4v) is 3.20. The highest BCUT2D eigenvalue weighted by Crippen LogP contribution is 2.35. The van der Waals surface area contributed by atoms with Gasteiger partial charge in [-0.1, -0.05) is 0 Å². The minimum atomic E-state index is -0.269. The van der Waals surface area contributed by atoms with E-state index in [1.807, 2.05) is 23.6 Å². The van der Waals surface area contributed by atoms with Gasteiger partial charge >= 0.3 is 0 Å². The van der Waals surface area contributed by atoms with Crippen molar-refractivity contribution in [2.75, 3.05) is 11.9 Å². The molecule has 0 unspecified atom stereocenters. The number of amides is 1. The molecule has 2 aromatic carbocycles. The molecule has 2 heterocycles. The van der Waals surface area contributed by atoms with Crippen molar-refractivity contribution in [2.24, 2.45) is 0 Å². The van der Waals surface area contributed by atoms with E-state index < -0.39 is 0 Å². The van der Waals surface area contributed by atoms with Gasteiger partial charge in [0.05, 0.1) is 11.4 Å². The second-order valence-corrected chi connectivity index (χ2v) is 5.95. The monoisotopic (exact) mass is 326 g/mol. The van der Waals surface area contributed by atoms with Gasteiger partial charge < -0.3 is 10.1 Å². The van der Waals surface area contributed by atoms with Crippen LogP contribution in [0.3, 0.4) is 0 Å². The number of hydrogen-bond acceptors (Lipinski definition) is 4. The maximum absolute atomic E-state index is 13.0. The van der Waals surface area contributed by atoms with Crippen molar-refractivity contribution in [1.29, 1.82) is 0 Å². The summed E-state index contributed by atoms with van der Waals surface area (Å²) in [4.78, 5) is 16.0. The second-order valence-electron chi connectivity index (χ2n) is 5.09. The summed E-state index contributed by atoms with van der Waals surface area (Å²) < 4.78 is 18.3. The Morgan fingerprint density at radius 3 is 2.74 bits per heavy atom. The summed E-state index contributed by atoms with van der Waals surface area (Å²) in [6, 6.07) is 11.8. The van der Waals surface area contributed by atoms with Crippen LogP contribution in [0.2, 0.25) is 0 Å². The van der Waals surface area contributed by atoms with Crippen molar-refractivity contribution in [3.63, 3.8) is 0 Å². The molecule has 3 aromatic rings. The molecule has 4 rings (SSSR count). The van der Waals surface area contributed by atoms with Gasteiger partial charge in [-0.3, -0.25) is 4.79 Å². The zero-order valence-electron chi connectivity index (χ0n) is 11.9. The topological polar surface area (TPSA) is 51.2 Å². The first kappa shape index (κ1) is 13.9. The normalized spacial score (nSPS) is 13.2. The minimum absolute atomic E-state index is 0.0400. The molecule has 23 heavy (non-hydrogen) atoms. The lowest BCUT2D eigenvalue weighted by Crippen LogP contribution is -2.25. The molecular weight excluding hydrogens is 315 g/mol. The number of nitrogens with one attached hydrogen (secondary N) is 1. The summed E-state index contributed by atoms with van der Waals surface area (Å²) in [5.41, 5.74) is 3.21. The number of carbonyl (C=O) groups excluding carboxylic acids is 1. The Kier molecular flexibility index (Phi) is 3.31. The van der Waals surface area contributed by atoms with Gasteiger partial charge in [0.25, 0.3) is 5.91 Å². The third-order valence-corrected chi connectivity index (χ3v) is 4.39. The first-order valence-corrected chi connectivity index (χ1v) is 7.85. The van der Waals surface area contributed by atoms with Crippen LogP contribution in [0.15, 0.2) is 47.8 Å². The number of anilines is 1. The first-order chi connectivity index (χ1) is 11.2. The van der Waals surface area contributed by atoms with E-state index in [-0.39, 0.29) is 18.3 Å². The Bertz CT molecular complexity index is 890. The number of nitrogens with zero attached hydrogens (tertiary/aromatic N) is 1. The minimum Gasteiger partial charge on any atom is -0.482 e. The average Bonchev–Trinajstić information content (AvgIpc) is 3.05. The number of carbonyl (C=O) groups is 1. The lowest BCUT2D eigenvalue weighted by atomic mass is 10.1. The number of hydrogen-bond donors (Lipinski definition) is 1. The summed E-state index contributed by atoms with van der Waals surface area (Å²) in [5.74, 6) is 0.221. The summed E-state index contributed by atoms with van der Waals surface area (Å²) in [6.07, 6.45) is 0. The molecule has 1 aromatic heterocycles. The Balaban J connectivity index is 1.68. The van der Waals surface area contributed by atoms with Gasteiger partial charge in [0.2, 0.25) is 0 Å². The smallest absolute Gasteiger partial charge is 0.262 e. The summed E-state index contributed by atoms with van der Waals surface area (Å²) in [7, 11) is 0. The molecule has 0 saturated carbocycles. The Morgan fingerprint density at radius 2 is 1.91 bits per heavy atom. The number of aromatic nitrogens is 1. The van der Waals surface area contributed by atoms with E-state index in [2.05, 4.69) is 10.3 Å².